The van der Waals surface area contributed by atoms with Crippen LogP contribution < -0.4 is 0 Å². The monoisotopic (exact) mass is 379 g/mol. The van der Waals surface area contributed by atoms with Gasteiger partial charge < -0.3 is 10.1 Å². The van der Waals surface area contributed by atoms with Crippen LogP contribution in [0.4, 0.5) is 0 Å². The molecule has 0 aliphatic carbocycles. The first-order chi connectivity index (χ1) is 13.2. The maximum atomic E-state index is 9.66. The quantitative estimate of drug-likeness (QED) is 0.560. The molecule has 0 saturated heterocycles. The summed E-state index contributed by atoms with van der Waals surface area (Å²) in [5, 5.41) is 18.7. The van der Waals surface area contributed by atoms with Crippen LogP contribution in [0.3, 0.4) is 0 Å². The van der Waals surface area contributed by atoms with Crippen molar-refractivity contribution in [3.63, 3.8) is 0 Å². The fraction of sp³-hybridized carbons (Fsp3) is 0.273. The summed E-state index contributed by atoms with van der Waals surface area (Å²) in [6.45, 7) is 1.98. The van der Waals surface area contributed by atoms with Gasteiger partial charge in [0, 0.05) is 6.42 Å². The Morgan fingerprint density at radius 2 is 2.00 bits per heavy atom. The van der Waals surface area contributed by atoms with Crippen molar-refractivity contribution in [1.82, 2.24) is 9.97 Å². The van der Waals surface area contributed by atoms with Gasteiger partial charge in [-0.1, -0.05) is 55.8 Å². The Balaban J connectivity index is 1.95. The first-order valence-corrected chi connectivity index (χ1v) is 9.53. The maximum absolute atomic E-state index is 9.66. The Morgan fingerprint density at radius 1 is 1.22 bits per heavy atom. The average molecular weight is 380 g/mol. The molecule has 138 valence electrons. The predicted octanol–water partition coefficient (Wildman–Crippen LogP) is 5.11. The Bertz CT molecular complexity index is 944. The van der Waals surface area contributed by atoms with Crippen LogP contribution in [0.1, 0.15) is 53.5 Å². The lowest BCUT2D eigenvalue weighted by Gasteiger charge is -2.12. The molecule has 5 heteroatoms. The molecule has 1 atom stereocenters. The van der Waals surface area contributed by atoms with Crippen LogP contribution >= 0.6 is 11.6 Å². The van der Waals surface area contributed by atoms with Crippen molar-refractivity contribution in [3.05, 3.63) is 76.9 Å². The molecule has 2 N–H and O–H groups in total. The highest BCUT2D eigenvalue weighted by Crippen LogP contribution is 2.33. The molecule has 3 rings (SSSR count). The molecule has 0 amide bonds. The second-order valence-corrected chi connectivity index (χ2v) is 6.89. The molecule has 4 nitrogen and oxygen atoms in total. The SMILES string of the molecule is CCCCc1nc(C(Cl)c2ccc(-c3ccccc3)c(C#N)c2)c(CO)[nH]1. The van der Waals surface area contributed by atoms with E-state index in [0.29, 0.717) is 17.0 Å². The number of rotatable bonds is 7. The van der Waals surface area contributed by atoms with Crippen molar-refractivity contribution in [2.24, 2.45) is 0 Å². The molecule has 0 saturated carbocycles. The summed E-state index contributed by atoms with van der Waals surface area (Å²) >= 11 is 6.69. The van der Waals surface area contributed by atoms with E-state index in [1.165, 1.54) is 0 Å². The zero-order valence-electron chi connectivity index (χ0n) is 15.2. The van der Waals surface area contributed by atoms with Gasteiger partial charge in [0.2, 0.25) is 0 Å². The smallest absolute Gasteiger partial charge is 0.106 e. The van der Waals surface area contributed by atoms with Crippen LogP contribution in [0.2, 0.25) is 0 Å². The van der Waals surface area contributed by atoms with Gasteiger partial charge in [-0.25, -0.2) is 4.98 Å². The number of benzene rings is 2. The normalized spacial score (nSPS) is 11.9. The second-order valence-electron chi connectivity index (χ2n) is 6.45. The topological polar surface area (TPSA) is 72.7 Å². The van der Waals surface area contributed by atoms with Gasteiger partial charge in [0.1, 0.15) is 11.2 Å². The van der Waals surface area contributed by atoms with Crippen molar-refractivity contribution < 1.29 is 5.11 Å². The van der Waals surface area contributed by atoms with Crippen LogP contribution in [0.5, 0.6) is 0 Å². The molecule has 0 aliphatic rings. The van der Waals surface area contributed by atoms with Crippen molar-refractivity contribution in [3.8, 4) is 17.2 Å². The minimum atomic E-state index is -0.532. The minimum absolute atomic E-state index is 0.148. The second kappa shape index (κ2) is 8.85. The zero-order valence-corrected chi connectivity index (χ0v) is 16.0. The fourth-order valence-corrected chi connectivity index (χ4v) is 3.43. The summed E-state index contributed by atoms with van der Waals surface area (Å²) in [4.78, 5) is 7.77. The molecule has 0 radical (unpaired) electrons. The minimum Gasteiger partial charge on any atom is -0.390 e. The van der Waals surface area contributed by atoms with Crippen molar-refractivity contribution in [2.75, 3.05) is 0 Å². The van der Waals surface area contributed by atoms with E-state index in [1.807, 2.05) is 48.5 Å². The molecule has 0 aliphatic heterocycles. The Morgan fingerprint density at radius 3 is 2.67 bits per heavy atom. The summed E-state index contributed by atoms with van der Waals surface area (Å²) in [5.41, 5.74) is 4.48. The number of nitrogens with one attached hydrogen (secondary N) is 1. The molecule has 0 bridgehead atoms. The number of imidazole rings is 1. The highest BCUT2D eigenvalue weighted by Gasteiger charge is 2.21. The third-order valence-corrected chi connectivity index (χ3v) is 5.03. The third kappa shape index (κ3) is 4.21. The van der Waals surface area contributed by atoms with Gasteiger partial charge in [-0.15, -0.1) is 11.6 Å². The number of aromatic amines is 1. The number of aliphatic hydroxyl groups is 1. The summed E-state index contributed by atoms with van der Waals surface area (Å²) in [6.07, 6.45) is 2.92. The standard InChI is InChI=1S/C22H22ClN3O/c1-2-3-9-20-25-19(14-27)22(26-20)21(23)16-10-11-18(17(12-16)13-24)15-7-5-4-6-8-15/h4-8,10-12,21,27H,2-3,9,14H2,1H3,(H,25,26). The highest BCUT2D eigenvalue weighted by molar-refractivity contribution is 6.22. The number of alkyl halides is 1. The number of hydrogen-bond donors (Lipinski definition) is 2. The Kier molecular flexibility index (Phi) is 6.28. The van der Waals surface area contributed by atoms with E-state index in [-0.39, 0.29) is 6.61 Å². The van der Waals surface area contributed by atoms with E-state index in [0.717, 1.165) is 41.8 Å². The van der Waals surface area contributed by atoms with E-state index >= 15 is 0 Å². The van der Waals surface area contributed by atoms with E-state index in [2.05, 4.69) is 23.0 Å². The lowest BCUT2D eigenvalue weighted by Crippen LogP contribution is -2.00. The van der Waals surface area contributed by atoms with E-state index in [1.54, 1.807) is 0 Å². The zero-order chi connectivity index (χ0) is 19.2. The van der Waals surface area contributed by atoms with Gasteiger partial charge in [0.05, 0.1) is 29.6 Å². The van der Waals surface area contributed by atoms with Crippen LogP contribution in [-0.4, -0.2) is 15.1 Å². The van der Waals surface area contributed by atoms with Gasteiger partial charge >= 0.3 is 0 Å². The van der Waals surface area contributed by atoms with Crippen molar-refractivity contribution >= 4 is 11.6 Å². The highest BCUT2D eigenvalue weighted by atomic mass is 35.5. The molecule has 0 fully saturated rings. The first kappa shape index (κ1) is 19.2. The third-order valence-electron chi connectivity index (χ3n) is 4.57. The predicted molar refractivity (Wildman–Crippen MR) is 107 cm³/mol. The maximum Gasteiger partial charge on any atom is 0.106 e. The Hall–Kier alpha value is -2.61. The summed E-state index contributed by atoms with van der Waals surface area (Å²) in [6, 6.07) is 17.7. The van der Waals surface area contributed by atoms with Gasteiger partial charge in [-0.05, 0) is 29.2 Å². The number of nitriles is 1. The van der Waals surface area contributed by atoms with Crippen LogP contribution in [0.15, 0.2) is 48.5 Å². The molecule has 1 heterocycles. The van der Waals surface area contributed by atoms with E-state index in [9.17, 15) is 10.4 Å². The number of aryl methyl sites for hydroxylation is 1. The van der Waals surface area contributed by atoms with Crippen LogP contribution in [-0.2, 0) is 13.0 Å². The molecular formula is C22H22ClN3O. The molecular weight excluding hydrogens is 358 g/mol. The number of halogens is 1. The lowest BCUT2D eigenvalue weighted by atomic mass is 9.96. The van der Waals surface area contributed by atoms with E-state index in [4.69, 9.17) is 11.6 Å². The van der Waals surface area contributed by atoms with Gasteiger partial charge in [0.15, 0.2) is 0 Å². The summed E-state index contributed by atoms with van der Waals surface area (Å²) in [7, 11) is 0. The molecule has 0 spiro atoms. The Labute approximate surface area is 164 Å². The van der Waals surface area contributed by atoms with E-state index < -0.39 is 5.38 Å². The van der Waals surface area contributed by atoms with Gasteiger partial charge in [-0.3, -0.25) is 0 Å². The number of H-pyrrole nitrogens is 1. The number of aromatic nitrogens is 2. The van der Waals surface area contributed by atoms with Gasteiger partial charge in [-0.2, -0.15) is 5.26 Å². The van der Waals surface area contributed by atoms with Crippen LogP contribution in [0.25, 0.3) is 11.1 Å². The summed E-state index contributed by atoms with van der Waals surface area (Å²) in [5.74, 6) is 0.836. The first-order valence-electron chi connectivity index (χ1n) is 9.10. The van der Waals surface area contributed by atoms with Gasteiger partial charge in [0.25, 0.3) is 0 Å². The molecule has 1 aromatic heterocycles. The van der Waals surface area contributed by atoms with Crippen LogP contribution in [0, 0.1) is 11.3 Å². The number of unbranched alkanes of at least 4 members (excludes halogenated alkanes) is 1. The number of aliphatic hydroxyl groups excluding tert-OH is 1. The lowest BCUT2D eigenvalue weighted by molar-refractivity contribution is 0.276. The molecule has 1 unspecified atom stereocenters. The molecule has 3 aromatic rings. The molecule has 2 aromatic carbocycles. The summed E-state index contributed by atoms with van der Waals surface area (Å²) < 4.78 is 0. The fourth-order valence-electron chi connectivity index (χ4n) is 3.11. The average Bonchev–Trinajstić information content (AvgIpc) is 3.15. The van der Waals surface area contributed by atoms with Crippen molar-refractivity contribution in [2.45, 2.75) is 38.2 Å². The number of nitrogens with zero attached hydrogens (tertiary/aromatic N) is 2. The largest absolute Gasteiger partial charge is 0.390 e. The van der Waals surface area contributed by atoms with Crippen molar-refractivity contribution in [1.29, 1.82) is 5.26 Å². The molecule has 27 heavy (non-hydrogen) atoms. The number of hydrogen-bond acceptors (Lipinski definition) is 3.